The highest BCUT2D eigenvalue weighted by Crippen LogP contribution is 2.20. The molecular weight excluding hydrogens is 246 g/mol. The van der Waals surface area contributed by atoms with Gasteiger partial charge in [0.15, 0.2) is 0 Å². The highest BCUT2D eigenvalue weighted by atomic mass is 32.2. The second-order valence-corrected chi connectivity index (χ2v) is 5.74. The van der Waals surface area contributed by atoms with Gasteiger partial charge in [-0.1, -0.05) is 6.92 Å². The van der Waals surface area contributed by atoms with Crippen LogP contribution in [0.3, 0.4) is 0 Å². The minimum Gasteiger partial charge on any atom is -0.481 e. The van der Waals surface area contributed by atoms with Crippen molar-refractivity contribution in [3.63, 3.8) is 0 Å². The maximum absolute atomic E-state index is 11.7. The Hall–Kier alpha value is -1.41. The molecular formula is C9H15N3O4S. The number of hydrogen-bond donors (Lipinski definition) is 3. The number of carboxylic acid groups (broad SMARTS) is 1. The van der Waals surface area contributed by atoms with Gasteiger partial charge in [0.2, 0.25) is 10.0 Å². The Morgan fingerprint density at radius 2 is 2.29 bits per heavy atom. The van der Waals surface area contributed by atoms with Gasteiger partial charge in [-0.15, -0.1) is 0 Å². The molecule has 0 aromatic carbocycles. The van der Waals surface area contributed by atoms with E-state index in [4.69, 9.17) is 5.11 Å². The van der Waals surface area contributed by atoms with Gasteiger partial charge in [0.05, 0.1) is 11.6 Å². The molecule has 0 bridgehead atoms. The maximum atomic E-state index is 11.7. The fraction of sp³-hybridized carbons (Fsp3) is 0.556. The van der Waals surface area contributed by atoms with Crippen molar-refractivity contribution in [2.75, 3.05) is 6.54 Å². The van der Waals surface area contributed by atoms with Gasteiger partial charge < -0.3 is 5.11 Å². The van der Waals surface area contributed by atoms with E-state index < -0.39 is 21.4 Å². The second-order valence-electron chi connectivity index (χ2n) is 3.98. The highest BCUT2D eigenvalue weighted by molar-refractivity contribution is 7.89. The molecule has 3 N–H and O–H groups in total. The smallest absolute Gasteiger partial charge is 0.310 e. The van der Waals surface area contributed by atoms with Crippen molar-refractivity contribution in [3.8, 4) is 0 Å². The summed E-state index contributed by atoms with van der Waals surface area (Å²) in [5, 5.41) is 14.9. The Bertz CT molecular complexity index is 482. The van der Waals surface area contributed by atoms with E-state index in [0.29, 0.717) is 6.42 Å². The number of nitrogens with one attached hydrogen (secondary N) is 2. The Kier molecular flexibility index (Phi) is 3.89. The summed E-state index contributed by atoms with van der Waals surface area (Å²) in [5.74, 6) is -1.03. The summed E-state index contributed by atoms with van der Waals surface area (Å²) in [5.41, 5.74) is -1.11. The number of carbonyl (C=O) groups is 1. The third-order valence-electron chi connectivity index (χ3n) is 2.73. The van der Waals surface area contributed by atoms with Gasteiger partial charge in [0.25, 0.3) is 0 Å². The van der Waals surface area contributed by atoms with E-state index in [0.717, 1.165) is 6.20 Å². The van der Waals surface area contributed by atoms with Gasteiger partial charge in [0.1, 0.15) is 4.90 Å². The first kappa shape index (κ1) is 13.7. The predicted molar refractivity (Wildman–Crippen MR) is 59.8 cm³/mol. The van der Waals surface area contributed by atoms with Gasteiger partial charge in [-0.25, -0.2) is 13.1 Å². The van der Waals surface area contributed by atoms with Crippen LogP contribution >= 0.6 is 0 Å². The number of aromatic amines is 1. The molecule has 8 heteroatoms. The number of rotatable bonds is 6. The van der Waals surface area contributed by atoms with Crippen LogP contribution in [0.2, 0.25) is 0 Å². The molecule has 7 nitrogen and oxygen atoms in total. The van der Waals surface area contributed by atoms with E-state index in [-0.39, 0.29) is 11.4 Å². The van der Waals surface area contributed by atoms with Crippen molar-refractivity contribution in [2.24, 2.45) is 5.41 Å². The van der Waals surface area contributed by atoms with Crippen molar-refractivity contribution in [3.05, 3.63) is 12.4 Å². The molecule has 1 atom stereocenters. The van der Waals surface area contributed by atoms with Crippen LogP contribution in [0.4, 0.5) is 0 Å². The van der Waals surface area contributed by atoms with E-state index in [2.05, 4.69) is 14.9 Å². The first-order valence-electron chi connectivity index (χ1n) is 5.03. The van der Waals surface area contributed by atoms with E-state index in [1.54, 1.807) is 6.92 Å². The lowest BCUT2D eigenvalue weighted by atomic mass is 9.88. The number of aromatic nitrogens is 2. The molecule has 1 unspecified atom stereocenters. The number of nitrogens with zero attached hydrogens (tertiary/aromatic N) is 1. The zero-order valence-corrected chi connectivity index (χ0v) is 10.4. The van der Waals surface area contributed by atoms with Crippen LogP contribution < -0.4 is 4.72 Å². The van der Waals surface area contributed by atoms with Crippen molar-refractivity contribution >= 4 is 16.0 Å². The van der Waals surface area contributed by atoms with Gasteiger partial charge >= 0.3 is 5.97 Å². The highest BCUT2D eigenvalue weighted by Gasteiger charge is 2.32. The fourth-order valence-electron chi connectivity index (χ4n) is 1.08. The monoisotopic (exact) mass is 261 g/mol. The molecule has 0 aliphatic carbocycles. The van der Waals surface area contributed by atoms with Crippen molar-refractivity contribution in [1.29, 1.82) is 0 Å². The molecule has 1 aromatic heterocycles. The minimum atomic E-state index is -3.70. The number of aliphatic carboxylic acids is 1. The van der Waals surface area contributed by atoms with Crippen molar-refractivity contribution < 1.29 is 18.3 Å². The standard InChI is InChI=1S/C9H15N3O4S/c1-3-9(2,8(13)14)6-12-17(15,16)7-4-10-11-5-7/h4-5,12H,3,6H2,1-2H3,(H,10,11)(H,13,14). The zero-order chi connectivity index (χ0) is 13.1. The van der Waals surface area contributed by atoms with Crippen LogP contribution in [0.25, 0.3) is 0 Å². The van der Waals surface area contributed by atoms with Crippen LogP contribution in [0, 0.1) is 5.41 Å². The summed E-state index contributed by atoms with van der Waals surface area (Å²) >= 11 is 0. The Labute approximate surface area is 99.3 Å². The topological polar surface area (TPSA) is 112 Å². The zero-order valence-electron chi connectivity index (χ0n) is 9.60. The number of sulfonamides is 1. The molecule has 0 aliphatic heterocycles. The lowest BCUT2D eigenvalue weighted by Crippen LogP contribution is -2.40. The summed E-state index contributed by atoms with van der Waals surface area (Å²) in [7, 11) is -3.70. The van der Waals surface area contributed by atoms with E-state index in [1.807, 2.05) is 0 Å². The largest absolute Gasteiger partial charge is 0.481 e. The first-order valence-corrected chi connectivity index (χ1v) is 6.52. The Morgan fingerprint density at radius 3 is 2.71 bits per heavy atom. The molecule has 0 spiro atoms. The molecule has 1 rings (SSSR count). The van der Waals surface area contributed by atoms with E-state index in [9.17, 15) is 13.2 Å². The lowest BCUT2D eigenvalue weighted by molar-refractivity contribution is -0.147. The molecule has 0 radical (unpaired) electrons. The third kappa shape index (κ3) is 3.04. The van der Waals surface area contributed by atoms with Crippen LogP contribution in [0.5, 0.6) is 0 Å². The molecule has 17 heavy (non-hydrogen) atoms. The van der Waals surface area contributed by atoms with Gasteiger partial charge in [-0.2, -0.15) is 5.10 Å². The number of carboxylic acids is 1. The number of H-pyrrole nitrogens is 1. The van der Waals surface area contributed by atoms with E-state index in [1.165, 1.54) is 13.1 Å². The molecule has 0 amide bonds. The molecule has 0 aliphatic rings. The summed E-state index contributed by atoms with van der Waals surface area (Å²) in [6.07, 6.45) is 2.72. The minimum absolute atomic E-state index is 0.0126. The molecule has 0 saturated carbocycles. The Morgan fingerprint density at radius 1 is 1.65 bits per heavy atom. The molecule has 0 fully saturated rings. The fourth-order valence-corrected chi connectivity index (χ4v) is 2.15. The summed E-state index contributed by atoms with van der Waals surface area (Å²) in [6, 6.07) is 0. The SMILES string of the molecule is CCC(C)(CNS(=O)(=O)c1cn[nH]c1)C(=O)O. The van der Waals surface area contributed by atoms with Gasteiger partial charge in [0, 0.05) is 12.7 Å². The van der Waals surface area contributed by atoms with Crippen LogP contribution in [-0.4, -0.2) is 36.2 Å². The van der Waals surface area contributed by atoms with Crippen molar-refractivity contribution in [1.82, 2.24) is 14.9 Å². The second kappa shape index (κ2) is 4.84. The molecule has 1 heterocycles. The average Bonchev–Trinajstić information content (AvgIpc) is 2.79. The molecule has 96 valence electrons. The van der Waals surface area contributed by atoms with Crippen LogP contribution in [0.15, 0.2) is 17.3 Å². The summed E-state index contributed by atoms with van der Waals surface area (Å²) in [6.45, 7) is 3.03. The summed E-state index contributed by atoms with van der Waals surface area (Å²) in [4.78, 5) is 11.0. The van der Waals surface area contributed by atoms with Gasteiger partial charge in [-0.3, -0.25) is 9.89 Å². The molecule has 1 aromatic rings. The first-order chi connectivity index (χ1) is 7.82. The van der Waals surface area contributed by atoms with Crippen LogP contribution in [0.1, 0.15) is 20.3 Å². The van der Waals surface area contributed by atoms with Gasteiger partial charge in [-0.05, 0) is 13.3 Å². The Balaban J connectivity index is 2.78. The summed E-state index contributed by atoms with van der Waals surface area (Å²) < 4.78 is 25.7. The average molecular weight is 261 g/mol. The maximum Gasteiger partial charge on any atom is 0.310 e. The third-order valence-corrected chi connectivity index (χ3v) is 4.10. The van der Waals surface area contributed by atoms with Crippen LogP contribution in [-0.2, 0) is 14.8 Å². The molecule has 0 saturated heterocycles. The predicted octanol–water partition coefficient (Wildman–Crippen LogP) is 0.189. The lowest BCUT2D eigenvalue weighted by Gasteiger charge is -2.22. The van der Waals surface area contributed by atoms with Crippen molar-refractivity contribution in [2.45, 2.75) is 25.2 Å². The number of hydrogen-bond acceptors (Lipinski definition) is 4. The van der Waals surface area contributed by atoms with E-state index >= 15 is 0 Å². The quantitative estimate of drug-likeness (QED) is 0.676. The normalized spacial score (nSPS) is 15.4.